The van der Waals surface area contributed by atoms with Crippen LogP contribution in [0.3, 0.4) is 0 Å². The number of ketones is 1. The smallest absolute Gasteiger partial charge is 0.271 e. The highest BCUT2D eigenvalue weighted by molar-refractivity contribution is 6.01. The summed E-state index contributed by atoms with van der Waals surface area (Å²) in [5.41, 5.74) is 6.85. The number of aromatic nitrogens is 1. The second kappa shape index (κ2) is 10.3. The Labute approximate surface area is 191 Å². The Morgan fingerprint density at radius 1 is 0.970 bits per heavy atom. The zero-order valence-electron chi connectivity index (χ0n) is 17.9. The van der Waals surface area contributed by atoms with E-state index in [-0.39, 0.29) is 5.91 Å². The van der Waals surface area contributed by atoms with Crippen molar-refractivity contribution in [2.75, 3.05) is 6.61 Å². The van der Waals surface area contributed by atoms with Crippen molar-refractivity contribution in [2.45, 2.75) is 6.54 Å². The van der Waals surface area contributed by atoms with Crippen molar-refractivity contribution in [3.8, 4) is 0 Å². The van der Waals surface area contributed by atoms with E-state index >= 15 is 0 Å². The molecule has 6 heteroatoms. The zero-order chi connectivity index (χ0) is 23.0. The van der Waals surface area contributed by atoms with Gasteiger partial charge in [-0.2, -0.15) is 5.10 Å². The van der Waals surface area contributed by atoms with E-state index in [1.54, 1.807) is 36.6 Å². The largest absolute Gasteiger partial charge is 0.388 e. The summed E-state index contributed by atoms with van der Waals surface area (Å²) in [4.78, 5) is 23.8. The zero-order valence-corrected chi connectivity index (χ0v) is 17.9. The molecule has 0 saturated carbocycles. The molecule has 3 aromatic carbocycles. The summed E-state index contributed by atoms with van der Waals surface area (Å²) in [6.07, 6.45) is 6.50. The summed E-state index contributed by atoms with van der Waals surface area (Å²) in [5.74, 6) is -0.760. The van der Waals surface area contributed by atoms with Gasteiger partial charge < -0.3 is 9.67 Å². The maximum absolute atomic E-state index is 12.5. The van der Waals surface area contributed by atoms with Crippen LogP contribution in [0.25, 0.3) is 17.0 Å². The highest BCUT2D eigenvalue weighted by Gasteiger charge is 2.08. The molecule has 0 radical (unpaired) electrons. The summed E-state index contributed by atoms with van der Waals surface area (Å²) in [6.45, 7) is 0.188. The monoisotopic (exact) mass is 437 g/mol. The lowest BCUT2D eigenvalue weighted by Gasteiger charge is -2.05. The number of para-hydroxylation sites is 1. The van der Waals surface area contributed by atoms with Gasteiger partial charge in [-0.15, -0.1) is 0 Å². The molecule has 1 aromatic heterocycles. The fraction of sp³-hybridized carbons (Fsp3) is 0.0741. The van der Waals surface area contributed by atoms with Gasteiger partial charge in [0.15, 0.2) is 5.78 Å². The number of aliphatic hydroxyl groups is 1. The predicted octanol–water partition coefficient (Wildman–Crippen LogP) is 4.03. The first-order valence-electron chi connectivity index (χ1n) is 10.5. The third-order valence-corrected chi connectivity index (χ3v) is 5.15. The Morgan fingerprint density at radius 2 is 1.76 bits per heavy atom. The normalized spacial score (nSPS) is 11.4. The minimum atomic E-state index is -0.548. The summed E-state index contributed by atoms with van der Waals surface area (Å²) in [7, 11) is 0. The number of benzene rings is 3. The summed E-state index contributed by atoms with van der Waals surface area (Å²) in [6, 6.07) is 25.1. The average molecular weight is 437 g/mol. The van der Waals surface area contributed by atoms with E-state index in [2.05, 4.69) is 33.3 Å². The number of nitrogens with one attached hydrogen (secondary N) is 1. The van der Waals surface area contributed by atoms with Crippen LogP contribution in [0, 0.1) is 0 Å². The molecule has 1 heterocycles. The first-order chi connectivity index (χ1) is 16.1. The molecule has 4 rings (SSSR count). The van der Waals surface area contributed by atoms with E-state index in [1.165, 1.54) is 11.6 Å². The number of fused-ring (bicyclic) bond motifs is 1. The van der Waals surface area contributed by atoms with Gasteiger partial charge in [-0.25, -0.2) is 5.43 Å². The number of hydrogen-bond acceptors (Lipinski definition) is 4. The summed E-state index contributed by atoms with van der Waals surface area (Å²) >= 11 is 0. The van der Waals surface area contributed by atoms with Gasteiger partial charge in [-0.1, -0.05) is 66.7 Å². The SMILES string of the molecule is O=C(/C=C/c1cccc(C(=O)N/N=C/c2cn(Cc3ccccc3)c3ccccc23)c1)CO. The molecule has 1 amide bonds. The van der Waals surface area contributed by atoms with Gasteiger partial charge >= 0.3 is 0 Å². The molecule has 0 fully saturated rings. The van der Waals surface area contributed by atoms with Crippen LogP contribution in [0.2, 0.25) is 0 Å². The number of hydrogen-bond donors (Lipinski definition) is 2. The lowest BCUT2D eigenvalue weighted by atomic mass is 10.1. The lowest BCUT2D eigenvalue weighted by molar-refractivity contribution is -0.117. The molecule has 0 aliphatic carbocycles. The highest BCUT2D eigenvalue weighted by atomic mass is 16.3. The number of carbonyl (C=O) groups excluding carboxylic acids is 2. The second-order valence-corrected chi connectivity index (χ2v) is 7.50. The van der Waals surface area contributed by atoms with Crippen molar-refractivity contribution in [3.05, 3.63) is 113 Å². The van der Waals surface area contributed by atoms with E-state index in [4.69, 9.17) is 5.11 Å². The second-order valence-electron chi connectivity index (χ2n) is 7.50. The van der Waals surface area contributed by atoms with Gasteiger partial charge in [0.05, 0.1) is 6.21 Å². The fourth-order valence-corrected chi connectivity index (χ4v) is 3.54. The fourth-order valence-electron chi connectivity index (χ4n) is 3.54. The maximum atomic E-state index is 12.5. The Morgan fingerprint density at radius 3 is 2.58 bits per heavy atom. The van der Waals surface area contributed by atoms with Crippen molar-refractivity contribution in [1.29, 1.82) is 0 Å². The molecule has 0 spiro atoms. The van der Waals surface area contributed by atoms with Crippen LogP contribution < -0.4 is 5.43 Å². The Kier molecular flexibility index (Phi) is 6.87. The molecular weight excluding hydrogens is 414 g/mol. The van der Waals surface area contributed by atoms with Crippen LogP contribution in [-0.4, -0.2) is 34.2 Å². The van der Waals surface area contributed by atoms with E-state index in [9.17, 15) is 9.59 Å². The first-order valence-corrected chi connectivity index (χ1v) is 10.5. The van der Waals surface area contributed by atoms with Crippen LogP contribution >= 0.6 is 0 Å². The number of nitrogens with zero attached hydrogens (tertiary/aromatic N) is 2. The van der Waals surface area contributed by atoms with Crippen molar-refractivity contribution in [1.82, 2.24) is 9.99 Å². The molecule has 0 aliphatic heterocycles. The molecule has 0 unspecified atom stereocenters. The van der Waals surface area contributed by atoms with E-state index in [0.717, 1.165) is 23.0 Å². The highest BCUT2D eigenvalue weighted by Crippen LogP contribution is 2.21. The third kappa shape index (κ3) is 5.50. The van der Waals surface area contributed by atoms with Crippen LogP contribution in [0.1, 0.15) is 27.0 Å². The van der Waals surface area contributed by atoms with E-state index < -0.39 is 12.4 Å². The predicted molar refractivity (Wildman–Crippen MR) is 130 cm³/mol. The molecule has 33 heavy (non-hydrogen) atoms. The van der Waals surface area contributed by atoms with Crippen molar-refractivity contribution >= 4 is 34.9 Å². The molecule has 2 N–H and O–H groups in total. The molecular formula is C27H23N3O3. The van der Waals surface area contributed by atoms with Crippen LogP contribution in [0.4, 0.5) is 0 Å². The molecule has 0 saturated heterocycles. The number of aliphatic hydroxyl groups excluding tert-OH is 1. The third-order valence-electron chi connectivity index (χ3n) is 5.15. The quantitative estimate of drug-likeness (QED) is 0.248. The number of rotatable bonds is 8. The molecule has 0 aliphatic rings. The standard InChI is InChI=1S/C27H23N3O3/c31-19-24(32)14-13-20-9-6-10-22(15-20)27(33)29-28-16-23-18-30(17-21-7-2-1-3-8-21)26-12-5-4-11-25(23)26/h1-16,18,31H,17,19H2,(H,29,33)/b14-13+,28-16+. The minimum Gasteiger partial charge on any atom is -0.388 e. The average Bonchev–Trinajstić information content (AvgIpc) is 3.20. The van der Waals surface area contributed by atoms with Gasteiger partial charge in [0.2, 0.25) is 0 Å². The van der Waals surface area contributed by atoms with E-state index in [0.29, 0.717) is 11.1 Å². The minimum absolute atomic E-state index is 0.358. The van der Waals surface area contributed by atoms with E-state index in [1.807, 2.05) is 42.6 Å². The Bertz CT molecular complexity index is 1340. The van der Waals surface area contributed by atoms with Gasteiger partial charge in [-0.05, 0) is 35.4 Å². The van der Waals surface area contributed by atoms with Crippen molar-refractivity contribution in [3.63, 3.8) is 0 Å². The molecule has 0 atom stereocenters. The van der Waals surface area contributed by atoms with Crippen LogP contribution in [0.5, 0.6) is 0 Å². The summed E-state index contributed by atoms with van der Waals surface area (Å²) in [5, 5.41) is 14.0. The number of carbonyl (C=O) groups is 2. The van der Waals surface area contributed by atoms with Gasteiger partial charge in [0, 0.05) is 34.8 Å². The van der Waals surface area contributed by atoms with Gasteiger partial charge in [0.25, 0.3) is 5.91 Å². The molecule has 4 aromatic rings. The first kappa shape index (κ1) is 21.9. The summed E-state index contributed by atoms with van der Waals surface area (Å²) < 4.78 is 2.16. The molecule has 6 nitrogen and oxygen atoms in total. The maximum Gasteiger partial charge on any atom is 0.271 e. The van der Waals surface area contributed by atoms with Gasteiger partial charge in [-0.3, -0.25) is 9.59 Å². The lowest BCUT2D eigenvalue weighted by Crippen LogP contribution is -2.17. The van der Waals surface area contributed by atoms with Crippen LogP contribution in [-0.2, 0) is 11.3 Å². The molecule has 164 valence electrons. The van der Waals surface area contributed by atoms with Crippen molar-refractivity contribution < 1.29 is 14.7 Å². The number of hydrazone groups is 1. The van der Waals surface area contributed by atoms with Crippen molar-refractivity contribution in [2.24, 2.45) is 5.10 Å². The number of amides is 1. The topological polar surface area (TPSA) is 83.7 Å². The Hall–Kier alpha value is -4.29. The van der Waals surface area contributed by atoms with Gasteiger partial charge in [0.1, 0.15) is 6.61 Å². The molecule has 0 bridgehead atoms. The Balaban J connectivity index is 1.50. The van der Waals surface area contributed by atoms with Crippen LogP contribution in [0.15, 0.2) is 96.2 Å².